The highest BCUT2D eigenvalue weighted by atomic mass is 19.1. The second kappa shape index (κ2) is 6.53. The first-order chi connectivity index (χ1) is 12.6. The average molecular weight is 353 g/mol. The number of hydrogen-bond acceptors (Lipinski definition) is 4. The number of aromatic nitrogens is 1. The first-order valence-corrected chi connectivity index (χ1v) is 8.80. The molecule has 6 heteroatoms. The van der Waals surface area contributed by atoms with E-state index in [1.165, 1.54) is 12.1 Å². The van der Waals surface area contributed by atoms with Crippen molar-refractivity contribution in [1.82, 2.24) is 9.88 Å². The fourth-order valence-corrected chi connectivity index (χ4v) is 3.42. The zero-order chi connectivity index (χ0) is 18.3. The summed E-state index contributed by atoms with van der Waals surface area (Å²) in [6, 6.07) is 8.17. The van der Waals surface area contributed by atoms with Gasteiger partial charge in [0.15, 0.2) is 0 Å². The van der Waals surface area contributed by atoms with Gasteiger partial charge in [-0.25, -0.2) is 4.39 Å². The van der Waals surface area contributed by atoms with Crippen LogP contribution in [0.5, 0.6) is 0 Å². The molecule has 0 fully saturated rings. The maximum absolute atomic E-state index is 13.7. The van der Waals surface area contributed by atoms with Crippen molar-refractivity contribution in [2.75, 3.05) is 18.4 Å². The van der Waals surface area contributed by atoms with Crippen molar-refractivity contribution in [3.05, 3.63) is 58.7 Å². The van der Waals surface area contributed by atoms with Gasteiger partial charge in [0, 0.05) is 23.4 Å². The number of carbonyl (C=O) groups excluding carboxylic acids is 1. The van der Waals surface area contributed by atoms with Crippen molar-refractivity contribution in [2.45, 2.75) is 27.0 Å². The van der Waals surface area contributed by atoms with Gasteiger partial charge < -0.3 is 10.1 Å². The van der Waals surface area contributed by atoms with Crippen LogP contribution in [-0.4, -0.2) is 28.9 Å². The predicted molar refractivity (Wildman–Crippen MR) is 97.5 cm³/mol. The lowest BCUT2D eigenvalue weighted by atomic mass is 10.0. The van der Waals surface area contributed by atoms with Gasteiger partial charge in [-0.15, -0.1) is 0 Å². The number of nitrogens with one attached hydrogen (secondary N) is 1. The Hall–Kier alpha value is -2.73. The maximum Gasteiger partial charge on any atom is 0.260 e. The molecule has 0 saturated carbocycles. The molecule has 5 nitrogen and oxygen atoms in total. The van der Waals surface area contributed by atoms with Gasteiger partial charge in [-0.05, 0) is 43.4 Å². The van der Waals surface area contributed by atoms with Gasteiger partial charge >= 0.3 is 0 Å². The number of hydrogen-bond donors (Lipinski definition) is 1. The Balaban J connectivity index is 1.74. The van der Waals surface area contributed by atoms with E-state index in [2.05, 4.69) is 24.1 Å². The number of amides is 1. The van der Waals surface area contributed by atoms with E-state index in [9.17, 15) is 9.18 Å². The second-order valence-electron chi connectivity index (χ2n) is 6.40. The zero-order valence-corrected chi connectivity index (χ0v) is 14.8. The molecular formula is C20H20FN3O2. The molecule has 26 heavy (non-hydrogen) atoms. The second-order valence-corrected chi connectivity index (χ2v) is 6.40. The number of nitrogens with zero attached hydrogens (tertiary/aromatic N) is 2. The van der Waals surface area contributed by atoms with Gasteiger partial charge in [-0.1, -0.05) is 13.8 Å². The van der Waals surface area contributed by atoms with E-state index in [1.54, 1.807) is 6.07 Å². The molecule has 0 spiro atoms. The molecule has 2 aromatic rings. The SMILES string of the molecule is CCN(CC)Cc1ccc2c(n1)CO/C2=C1/C(=O)Nc2ccc(F)cc21. The molecule has 1 aromatic carbocycles. The van der Waals surface area contributed by atoms with Gasteiger partial charge in [0.05, 0.1) is 17.0 Å². The molecule has 0 bridgehead atoms. The van der Waals surface area contributed by atoms with Crippen LogP contribution < -0.4 is 5.32 Å². The lowest BCUT2D eigenvalue weighted by Crippen LogP contribution is -2.22. The Morgan fingerprint density at radius 2 is 2.00 bits per heavy atom. The lowest BCUT2D eigenvalue weighted by Gasteiger charge is -2.17. The summed E-state index contributed by atoms with van der Waals surface area (Å²) in [4.78, 5) is 19.4. The molecule has 1 aromatic heterocycles. The van der Waals surface area contributed by atoms with E-state index in [0.29, 0.717) is 29.2 Å². The van der Waals surface area contributed by atoms with Crippen LogP contribution >= 0.6 is 0 Å². The van der Waals surface area contributed by atoms with Crippen LogP contribution in [0.2, 0.25) is 0 Å². The summed E-state index contributed by atoms with van der Waals surface area (Å²) in [6.45, 7) is 7.27. The van der Waals surface area contributed by atoms with Crippen molar-refractivity contribution >= 4 is 22.9 Å². The van der Waals surface area contributed by atoms with Crippen molar-refractivity contribution in [3.63, 3.8) is 0 Å². The van der Waals surface area contributed by atoms with E-state index in [-0.39, 0.29) is 11.7 Å². The van der Waals surface area contributed by atoms with E-state index in [1.807, 2.05) is 12.1 Å². The molecule has 0 atom stereocenters. The lowest BCUT2D eigenvalue weighted by molar-refractivity contribution is -0.110. The minimum absolute atomic E-state index is 0.277. The van der Waals surface area contributed by atoms with Crippen molar-refractivity contribution in [1.29, 1.82) is 0 Å². The topological polar surface area (TPSA) is 54.5 Å². The third-order valence-corrected chi connectivity index (χ3v) is 4.86. The molecule has 0 unspecified atom stereocenters. The van der Waals surface area contributed by atoms with Crippen LogP contribution in [0, 0.1) is 5.82 Å². The van der Waals surface area contributed by atoms with E-state index < -0.39 is 0 Å². The minimum Gasteiger partial charge on any atom is -0.486 e. The summed E-state index contributed by atoms with van der Waals surface area (Å²) in [5, 5.41) is 2.76. The van der Waals surface area contributed by atoms with E-state index in [0.717, 1.165) is 36.6 Å². The standard InChI is InChI=1S/C20H20FN3O2/c1-3-24(4-2)10-13-6-7-14-17(22-13)11-26-19(14)18-15-9-12(21)5-8-16(15)23-20(18)25/h5-9H,3-4,10-11H2,1-2H3,(H,23,25)/b19-18+. The molecule has 1 N–H and O–H groups in total. The van der Waals surface area contributed by atoms with Crippen LogP contribution in [0.4, 0.5) is 10.1 Å². The predicted octanol–water partition coefficient (Wildman–Crippen LogP) is 3.41. The molecule has 3 heterocycles. The fraction of sp³-hybridized carbons (Fsp3) is 0.300. The Kier molecular flexibility index (Phi) is 4.20. The summed E-state index contributed by atoms with van der Waals surface area (Å²) in [6.07, 6.45) is 0. The first-order valence-electron chi connectivity index (χ1n) is 8.80. The molecule has 2 aliphatic rings. The summed E-state index contributed by atoms with van der Waals surface area (Å²) in [5.41, 5.74) is 4.10. The highest BCUT2D eigenvalue weighted by Crippen LogP contribution is 2.41. The van der Waals surface area contributed by atoms with Crippen LogP contribution in [0.1, 0.15) is 36.4 Å². The Labute approximate surface area is 151 Å². The molecule has 1 amide bonds. The van der Waals surface area contributed by atoms with Crippen LogP contribution in [0.25, 0.3) is 11.3 Å². The number of rotatable bonds is 4. The summed E-state index contributed by atoms with van der Waals surface area (Å²) < 4.78 is 19.5. The Morgan fingerprint density at radius 1 is 1.19 bits per heavy atom. The Bertz CT molecular complexity index is 919. The highest BCUT2D eigenvalue weighted by molar-refractivity contribution is 6.36. The number of carbonyl (C=O) groups is 1. The molecule has 2 aliphatic heterocycles. The van der Waals surface area contributed by atoms with Crippen LogP contribution in [-0.2, 0) is 22.7 Å². The largest absolute Gasteiger partial charge is 0.486 e. The Morgan fingerprint density at radius 3 is 2.77 bits per heavy atom. The van der Waals surface area contributed by atoms with Crippen molar-refractivity contribution < 1.29 is 13.9 Å². The first kappa shape index (κ1) is 16.7. The van der Waals surface area contributed by atoms with E-state index in [4.69, 9.17) is 9.72 Å². The molecule has 0 aliphatic carbocycles. The molecule has 0 radical (unpaired) electrons. The quantitative estimate of drug-likeness (QED) is 0.856. The highest BCUT2D eigenvalue weighted by Gasteiger charge is 2.33. The number of pyridine rings is 1. The molecule has 4 rings (SSSR count). The third kappa shape index (κ3) is 2.76. The number of halogens is 1. The van der Waals surface area contributed by atoms with Crippen molar-refractivity contribution in [3.8, 4) is 0 Å². The third-order valence-electron chi connectivity index (χ3n) is 4.86. The number of benzene rings is 1. The molecule has 0 saturated heterocycles. The zero-order valence-electron chi connectivity index (χ0n) is 14.8. The minimum atomic E-state index is -0.385. The molecule has 134 valence electrons. The van der Waals surface area contributed by atoms with Gasteiger partial charge in [0.2, 0.25) is 0 Å². The van der Waals surface area contributed by atoms with Gasteiger partial charge in [0.1, 0.15) is 18.2 Å². The fourth-order valence-electron chi connectivity index (χ4n) is 3.42. The number of anilines is 1. The van der Waals surface area contributed by atoms with Crippen molar-refractivity contribution in [2.24, 2.45) is 0 Å². The number of fused-ring (bicyclic) bond motifs is 2. The summed E-state index contributed by atoms with van der Waals surface area (Å²) in [5.74, 6) is -0.186. The normalized spacial score (nSPS) is 17.9. The molecular weight excluding hydrogens is 333 g/mol. The average Bonchev–Trinajstić information content (AvgIpc) is 3.18. The van der Waals surface area contributed by atoms with Gasteiger partial charge in [-0.3, -0.25) is 14.7 Å². The van der Waals surface area contributed by atoms with Gasteiger partial charge in [0.25, 0.3) is 5.91 Å². The summed E-state index contributed by atoms with van der Waals surface area (Å²) in [7, 11) is 0. The van der Waals surface area contributed by atoms with Crippen LogP contribution in [0.3, 0.4) is 0 Å². The van der Waals surface area contributed by atoms with Gasteiger partial charge in [-0.2, -0.15) is 0 Å². The monoisotopic (exact) mass is 353 g/mol. The van der Waals surface area contributed by atoms with E-state index >= 15 is 0 Å². The number of ether oxygens (including phenoxy) is 1. The van der Waals surface area contributed by atoms with Crippen LogP contribution in [0.15, 0.2) is 30.3 Å². The summed E-state index contributed by atoms with van der Waals surface area (Å²) >= 11 is 0. The maximum atomic E-state index is 13.7. The smallest absolute Gasteiger partial charge is 0.260 e.